The fourth-order valence-corrected chi connectivity index (χ4v) is 4.97. The van der Waals surface area contributed by atoms with Gasteiger partial charge in [0.25, 0.3) is 0 Å². The lowest BCUT2D eigenvalue weighted by molar-refractivity contribution is -0.138. The fraction of sp³-hybridized carbons (Fsp3) is 0.435. The number of amides is 1. The van der Waals surface area contributed by atoms with E-state index in [4.69, 9.17) is 0 Å². The standard InChI is InChI=1S/C23H26N10O/c1-15-3-2-4-18-21(15)29-30-33(18)19-9-10-24-23(27-19)26-17-7-5-16(6-8-17)22(34)31-11-12-32-14-25-28-20(32)13-31/h2-4,9-10,14,16-17H,5-8,11-13H2,1H3,(H,24,26,27). The van der Waals surface area contributed by atoms with Gasteiger partial charge < -0.3 is 14.8 Å². The van der Waals surface area contributed by atoms with Crippen molar-refractivity contribution >= 4 is 22.9 Å². The number of aryl methyl sites for hydroxylation is 1. The summed E-state index contributed by atoms with van der Waals surface area (Å²) in [7, 11) is 0. The molecule has 1 amide bonds. The largest absolute Gasteiger partial charge is 0.351 e. The maximum absolute atomic E-state index is 13.1. The van der Waals surface area contributed by atoms with Crippen LogP contribution in [0.3, 0.4) is 0 Å². The number of carbonyl (C=O) groups excluding carboxylic acids is 1. The first kappa shape index (κ1) is 20.7. The number of benzene rings is 1. The van der Waals surface area contributed by atoms with Crippen LogP contribution in [0, 0.1) is 12.8 Å². The van der Waals surface area contributed by atoms with Gasteiger partial charge in [-0.1, -0.05) is 17.3 Å². The molecule has 1 aliphatic heterocycles. The lowest BCUT2D eigenvalue weighted by Crippen LogP contribution is -2.43. The lowest BCUT2D eigenvalue weighted by atomic mass is 9.85. The van der Waals surface area contributed by atoms with E-state index in [1.54, 1.807) is 17.2 Å². The molecule has 11 nitrogen and oxygen atoms in total. The van der Waals surface area contributed by atoms with Crippen LogP contribution in [0.25, 0.3) is 16.9 Å². The summed E-state index contributed by atoms with van der Waals surface area (Å²) in [5, 5.41) is 20.1. The summed E-state index contributed by atoms with van der Waals surface area (Å²) in [6.07, 6.45) is 6.98. The second-order valence-corrected chi connectivity index (χ2v) is 9.08. The molecule has 11 heteroatoms. The van der Waals surface area contributed by atoms with Gasteiger partial charge in [0.2, 0.25) is 11.9 Å². The molecule has 4 aromatic rings. The first-order chi connectivity index (χ1) is 16.7. The molecule has 1 N–H and O–H groups in total. The van der Waals surface area contributed by atoms with Gasteiger partial charge >= 0.3 is 0 Å². The smallest absolute Gasteiger partial charge is 0.226 e. The van der Waals surface area contributed by atoms with E-state index < -0.39 is 0 Å². The van der Waals surface area contributed by atoms with Gasteiger partial charge in [-0.05, 0) is 44.2 Å². The van der Waals surface area contributed by atoms with Crippen LogP contribution in [0.1, 0.15) is 37.1 Å². The van der Waals surface area contributed by atoms with Crippen molar-refractivity contribution in [1.82, 2.24) is 44.6 Å². The van der Waals surface area contributed by atoms with Gasteiger partial charge in [-0.15, -0.1) is 15.3 Å². The number of hydrogen-bond acceptors (Lipinski definition) is 8. The molecule has 0 radical (unpaired) electrons. The summed E-state index contributed by atoms with van der Waals surface area (Å²) < 4.78 is 3.76. The Morgan fingerprint density at radius 1 is 1.09 bits per heavy atom. The molecule has 174 valence electrons. The van der Waals surface area contributed by atoms with Crippen LogP contribution in [0.15, 0.2) is 36.8 Å². The van der Waals surface area contributed by atoms with Gasteiger partial charge in [0.15, 0.2) is 11.6 Å². The third kappa shape index (κ3) is 3.76. The van der Waals surface area contributed by atoms with Gasteiger partial charge in [-0.2, -0.15) is 9.67 Å². The van der Waals surface area contributed by atoms with E-state index in [0.717, 1.165) is 61.2 Å². The molecule has 3 aromatic heterocycles. The maximum atomic E-state index is 13.1. The highest BCUT2D eigenvalue weighted by Crippen LogP contribution is 2.29. The van der Waals surface area contributed by atoms with Gasteiger partial charge in [-0.25, -0.2) is 4.98 Å². The zero-order chi connectivity index (χ0) is 23.1. The van der Waals surface area contributed by atoms with Crippen LogP contribution < -0.4 is 5.32 Å². The van der Waals surface area contributed by atoms with Crippen molar-refractivity contribution in [3.63, 3.8) is 0 Å². The van der Waals surface area contributed by atoms with Gasteiger partial charge in [-0.3, -0.25) is 4.79 Å². The van der Waals surface area contributed by atoms with E-state index in [0.29, 0.717) is 18.3 Å². The van der Waals surface area contributed by atoms with Crippen LogP contribution in [0.2, 0.25) is 0 Å². The number of anilines is 1. The molecule has 0 unspecified atom stereocenters. The predicted octanol–water partition coefficient (Wildman–Crippen LogP) is 2.12. The summed E-state index contributed by atoms with van der Waals surface area (Å²) in [5.74, 6) is 2.40. The molecule has 6 rings (SSSR count). The zero-order valence-electron chi connectivity index (χ0n) is 19.0. The van der Waals surface area contributed by atoms with E-state index in [1.807, 2.05) is 40.7 Å². The average molecular weight is 459 g/mol. The summed E-state index contributed by atoms with van der Waals surface area (Å²) in [6, 6.07) is 8.07. The molecule has 4 heterocycles. The van der Waals surface area contributed by atoms with E-state index in [-0.39, 0.29) is 17.9 Å². The topological polar surface area (TPSA) is 120 Å². The van der Waals surface area contributed by atoms with Crippen LogP contribution in [0.4, 0.5) is 5.95 Å². The van der Waals surface area contributed by atoms with Gasteiger partial charge in [0, 0.05) is 37.3 Å². The van der Waals surface area contributed by atoms with Crippen molar-refractivity contribution in [3.8, 4) is 5.82 Å². The minimum atomic E-state index is 0.0597. The van der Waals surface area contributed by atoms with Crippen molar-refractivity contribution in [2.45, 2.75) is 51.7 Å². The Kier molecular flexibility index (Phi) is 5.16. The van der Waals surface area contributed by atoms with Crippen molar-refractivity contribution in [2.75, 3.05) is 11.9 Å². The molecule has 1 saturated carbocycles. The SMILES string of the molecule is Cc1cccc2c1nnn2-c1ccnc(NC2CCC(C(=O)N3CCn4cnnc4C3)CC2)n1. The maximum Gasteiger partial charge on any atom is 0.226 e. The third-order valence-electron chi connectivity index (χ3n) is 6.90. The highest BCUT2D eigenvalue weighted by atomic mass is 16.2. The molecule has 1 aliphatic carbocycles. The molecule has 34 heavy (non-hydrogen) atoms. The first-order valence-electron chi connectivity index (χ1n) is 11.7. The fourth-order valence-electron chi connectivity index (χ4n) is 4.97. The summed E-state index contributed by atoms with van der Waals surface area (Å²) in [4.78, 5) is 24.1. The Morgan fingerprint density at radius 2 is 1.97 bits per heavy atom. The van der Waals surface area contributed by atoms with Crippen molar-refractivity contribution < 1.29 is 4.79 Å². The Labute approximate surface area is 196 Å². The molecular weight excluding hydrogens is 432 g/mol. The number of aromatic nitrogens is 8. The first-order valence-corrected chi connectivity index (χ1v) is 11.7. The molecule has 0 atom stereocenters. The Morgan fingerprint density at radius 3 is 2.85 bits per heavy atom. The van der Waals surface area contributed by atoms with E-state index in [1.165, 1.54) is 0 Å². The second-order valence-electron chi connectivity index (χ2n) is 9.08. The number of rotatable bonds is 4. The minimum absolute atomic E-state index is 0.0597. The normalized spacial score (nSPS) is 20.3. The molecule has 1 fully saturated rings. The molecule has 0 bridgehead atoms. The monoisotopic (exact) mass is 458 g/mol. The Bertz CT molecular complexity index is 1340. The van der Waals surface area contributed by atoms with E-state index in [2.05, 4.69) is 35.8 Å². The second kappa shape index (κ2) is 8.47. The molecular formula is C23H26N10O. The van der Waals surface area contributed by atoms with Crippen molar-refractivity contribution in [2.24, 2.45) is 5.92 Å². The summed E-state index contributed by atoms with van der Waals surface area (Å²) >= 11 is 0. The number of hydrogen-bond donors (Lipinski definition) is 1. The van der Waals surface area contributed by atoms with Crippen molar-refractivity contribution in [1.29, 1.82) is 0 Å². The minimum Gasteiger partial charge on any atom is -0.351 e. The summed E-state index contributed by atoms with van der Waals surface area (Å²) in [5.41, 5.74) is 2.86. The Hall–Kier alpha value is -3.89. The highest BCUT2D eigenvalue weighted by Gasteiger charge is 2.31. The highest BCUT2D eigenvalue weighted by molar-refractivity contribution is 5.79. The molecule has 1 aromatic carbocycles. The lowest BCUT2D eigenvalue weighted by Gasteiger charge is -2.34. The molecule has 2 aliphatic rings. The Balaban J connectivity index is 1.09. The molecule has 0 saturated heterocycles. The van der Waals surface area contributed by atoms with Gasteiger partial charge in [0.05, 0.1) is 12.1 Å². The quantitative estimate of drug-likeness (QED) is 0.494. The van der Waals surface area contributed by atoms with E-state index in [9.17, 15) is 4.79 Å². The van der Waals surface area contributed by atoms with Crippen LogP contribution in [0.5, 0.6) is 0 Å². The number of nitrogens with zero attached hydrogens (tertiary/aromatic N) is 9. The predicted molar refractivity (Wildman–Crippen MR) is 124 cm³/mol. The van der Waals surface area contributed by atoms with Crippen molar-refractivity contribution in [3.05, 3.63) is 48.2 Å². The van der Waals surface area contributed by atoms with Gasteiger partial charge in [0.1, 0.15) is 11.8 Å². The van der Waals surface area contributed by atoms with Crippen LogP contribution >= 0.6 is 0 Å². The number of fused-ring (bicyclic) bond motifs is 2. The number of nitrogens with one attached hydrogen (secondary N) is 1. The van der Waals surface area contributed by atoms with E-state index >= 15 is 0 Å². The zero-order valence-corrected chi connectivity index (χ0v) is 19.0. The average Bonchev–Trinajstić information content (AvgIpc) is 3.52. The van der Waals surface area contributed by atoms with Crippen LogP contribution in [-0.4, -0.2) is 63.1 Å². The summed E-state index contributed by atoms with van der Waals surface area (Å²) in [6.45, 7) is 4.05. The number of carbonyl (C=O) groups is 1. The molecule has 0 spiro atoms. The third-order valence-corrected chi connectivity index (χ3v) is 6.90. The van der Waals surface area contributed by atoms with Crippen LogP contribution in [-0.2, 0) is 17.9 Å².